The standard InChI is InChI=1S/C19H19N5O/c1-13-5-6-17(14(2)8-13)24-19-22-11-16(12-23-19)18(25)21-10-15-4-3-7-20-9-15/h3-9,11-12H,10H2,1-2H3,(H,21,25)(H,22,23,24). The van der Waals surface area contributed by atoms with Crippen LogP contribution in [0.1, 0.15) is 27.0 Å². The summed E-state index contributed by atoms with van der Waals surface area (Å²) < 4.78 is 0. The first-order valence-electron chi connectivity index (χ1n) is 7.95. The molecule has 2 heterocycles. The van der Waals surface area contributed by atoms with E-state index in [2.05, 4.69) is 31.7 Å². The molecule has 126 valence electrons. The zero-order valence-corrected chi connectivity index (χ0v) is 14.2. The summed E-state index contributed by atoms with van der Waals surface area (Å²) in [7, 11) is 0. The normalized spacial score (nSPS) is 10.3. The van der Waals surface area contributed by atoms with Gasteiger partial charge in [-0.2, -0.15) is 0 Å². The molecule has 0 aliphatic carbocycles. The lowest BCUT2D eigenvalue weighted by Gasteiger charge is -2.09. The Morgan fingerprint density at radius 2 is 1.88 bits per heavy atom. The molecule has 2 aromatic heterocycles. The minimum absolute atomic E-state index is 0.220. The van der Waals surface area contributed by atoms with Gasteiger partial charge in [-0.05, 0) is 37.1 Å². The summed E-state index contributed by atoms with van der Waals surface area (Å²) in [6.07, 6.45) is 6.43. The number of aryl methyl sites for hydroxylation is 2. The molecule has 0 bridgehead atoms. The molecule has 0 saturated heterocycles. The van der Waals surface area contributed by atoms with Crippen molar-refractivity contribution in [3.63, 3.8) is 0 Å². The van der Waals surface area contributed by atoms with Crippen LogP contribution in [0.2, 0.25) is 0 Å². The molecular formula is C19H19N5O. The van der Waals surface area contributed by atoms with E-state index in [1.165, 1.54) is 18.0 Å². The summed E-state index contributed by atoms with van der Waals surface area (Å²) in [5.74, 6) is 0.234. The summed E-state index contributed by atoms with van der Waals surface area (Å²) in [4.78, 5) is 24.6. The molecule has 6 nitrogen and oxygen atoms in total. The van der Waals surface area contributed by atoms with Crippen LogP contribution in [0.25, 0.3) is 0 Å². The molecule has 0 unspecified atom stereocenters. The fourth-order valence-corrected chi connectivity index (χ4v) is 2.37. The summed E-state index contributed by atoms with van der Waals surface area (Å²) in [6, 6.07) is 9.83. The molecule has 0 aliphatic rings. The molecule has 0 fully saturated rings. The molecule has 6 heteroatoms. The number of rotatable bonds is 5. The highest BCUT2D eigenvalue weighted by atomic mass is 16.1. The highest BCUT2D eigenvalue weighted by Crippen LogP contribution is 2.19. The monoisotopic (exact) mass is 333 g/mol. The molecule has 1 amide bonds. The second kappa shape index (κ2) is 7.53. The van der Waals surface area contributed by atoms with Gasteiger partial charge in [-0.1, -0.05) is 23.8 Å². The third kappa shape index (κ3) is 4.38. The van der Waals surface area contributed by atoms with Gasteiger partial charge in [0, 0.05) is 37.0 Å². The van der Waals surface area contributed by atoms with Crippen molar-refractivity contribution in [2.45, 2.75) is 20.4 Å². The maximum Gasteiger partial charge on any atom is 0.254 e. The van der Waals surface area contributed by atoms with Gasteiger partial charge >= 0.3 is 0 Å². The van der Waals surface area contributed by atoms with Gasteiger partial charge in [0.2, 0.25) is 5.95 Å². The van der Waals surface area contributed by atoms with Crippen molar-refractivity contribution >= 4 is 17.5 Å². The maximum absolute atomic E-state index is 12.1. The Balaban J connectivity index is 1.62. The van der Waals surface area contributed by atoms with Gasteiger partial charge in [0.1, 0.15) is 0 Å². The Labute approximate surface area is 146 Å². The largest absolute Gasteiger partial charge is 0.348 e. The van der Waals surface area contributed by atoms with Crippen molar-refractivity contribution < 1.29 is 4.79 Å². The number of nitrogens with zero attached hydrogens (tertiary/aromatic N) is 3. The van der Waals surface area contributed by atoms with Crippen LogP contribution in [0.4, 0.5) is 11.6 Å². The van der Waals surface area contributed by atoms with E-state index < -0.39 is 0 Å². The molecule has 3 rings (SSSR count). The first-order valence-corrected chi connectivity index (χ1v) is 7.95. The van der Waals surface area contributed by atoms with Gasteiger partial charge in [0.05, 0.1) is 5.56 Å². The number of carbonyl (C=O) groups is 1. The van der Waals surface area contributed by atoms with Crippen LogP contribution in [-0.4, -0.2) is 20.9 Å². The maximum atomic E-state index is 12.1. The molecular weight excluding hydrogens is 314 g/mol. The second-order valence-electron chi connectivity index (χ2n) is 5.78. The summed E-state index contributed by atoms with van der Waals surface area (Å²) in [6.45, 7) is 4.48. The number of hydrogen-bond acceptors (Lipinski definition) is 5. The van der Waals surface area contributed by atoms with Gasteiger partial charge in [0.25, 0.3) is 5.91 Å². The van der Waals surface area contributed by atoms with Gasteiger partial charge < -0.3 is 10.6 Å². The number of hydrogen-bond donors (Lipinski definition) is 2. The number of aromatic nitrogens is 3. The lowest BCUT2D eigenvalue weighted by Crippen LogP contribution is -2.23. The minimum Gasteiger partial charge on any atom is -0.348 e. The molecule has 0 atom stereocenters. The van der Waals surface area contributed by atoms with E-state index in [1.54, 1.807) is 12.4 Å². The van der Waals surface area contributed by atoms with Crippen molar-refractivity contribution in [3.05, 3.63) is 77.4 Å². The second-order valence-corrected chi connectivity index (χ2v) is 5.78. The molecule has 1 aromatic carbocycles. The van der Waals surface area contributed by atoms with Crippen molar-refractivity contribution in [3.8, 4) is 0 Å². The predicted molar refractivity (Wildman–Crippen MR) is 96.6 cm³/mol. The predicted octanol–water partition coefficient (Wildman–Crippen LogP) is 3.16. The number of anilines is 2. The molecule has 0 spiro atoms. The number of carbonyl (C=O) groups excluding carboxylic acids is 1. The number of pyridine rings is 1. The van der Waals surface area contributed by atoms with Crippen LogP contribution in [0.3, 0.4) is 0 Å². The Bertz CT molecular complexity index is 863. The Hall–Kier alpha value is -3.28. The molecule has 25 heavy (non-hydrogen) atoms. The zero-order valence-electron chi connectivity index (χ0n) is 14.2. The van der Waals surface area contributed by atoms with E-state index in [0.29, 0.717) is 18.1 Å². The fourth-order valence-electron chi connectivity index (χ4n) is 2.37. The van der Waals surface area contributed by atoms with Crippen LogP contribution >= 0.6 is 0 Å². The number of amides is 1. The summed E-state index contributed by atoms with van der Waals surface area (Å²) in [5, 5.41) is 5.98. The first-order chi connectivity index (χ1) is 12.1. The lowest BCUT2D eigenvalue weighted by molar-refractivity contribution is 0.0950. The average molecular weight is 333 g/mol. The third-order valence-corrected chi connectivity index (χ3v) is 3.72. The van der Waals surface area contributed by atoms with Crippen molar-refractivity contribution in [2.75, 3.05) is 5.32 Å². The van der Waals surface area contributed by atoms with Crippen LogP contribution in [0, 0.1) is 13.8 Å². The summed E-state index contributed by atoms with van der Waals surface area (Å²) >= 11 is 0. The van der Waals surface area contributed by atoms with E-state index in [0.717, 1.165) is 16.8 Å². The van der Waals surface area contributed by atoms with E-state index >= 15 is 0 Å². The van der Waals surface area contributed by atoms with E-state index in [1.807, 2.05) is 38.1 Å². The first kappa shape index (κ1) is 16.6. The van der Waals surface area contributed by atoms with Crippen LogP contribution in [0.15, 0.2) is 55.1 Å². The van der Waals surface area contributed by atoms with Crippen LogP contribution in [0.5, 0.6) is 0 Å². The molecule has 0 radical (unpaired) electrons. The fraction of sp³-hybridized carbons (Fsp3) is 0.158. The lowest BCUT2D eigenvalue weighted by atomic mass is 10.1. The Morgan fingerprint density at radius 1 is 1.08 bits per heavy atom. The highest BCUT2D eigenvalue weighted by molar-refractivity contribution is 5.93. The van der Waals surface area contributed by atoms with Crippen LogP contribution < -0.4 is 10.6 Å². The van der Waals surface area contributed by atoms with Gasteiger partial charge in [-0.15, -0.1) is 0 Å². The summed E-state index contributed by atoms with van der Waals surface area (Å²) in [5.41, 5.74) is 4.60. The van der Waals surface area contributed by atoms with Gasteiger partial charge in [0.15, 0.2) is 0 Å². The van der Waals surface area contributed by atoms with E-state index in [4.69, 9.17) is 0 Å². The molecule has 2 N–H and O–H groups in total. The Kier molecular flexibility index (Phi) is 4.99. The Morgan fingerprint density at radius 3 is 2.56 bits per heavy atom. The smallest absolute Gasteiger partial charge is 0.254 e. The molecule has 0 aliphatic heterocycles. The van der Waals surface area contributed by atoms with Crippen LogP contribution in [-0.2, 0) is 6.54 Å². The van der Waals surface area contributed by atoms with Crippen molar-refractivity contribution in [1.82, 2.24) is 20.3 Å². The molecule has 3 aromatic rings. The van der Waals surface area contributed by atoms with Crippen molar-refractivity contribution in [1.29, 1.82) is 0 Å². The quantitative estimate of drug-likeness (QED) is 0.750. The highest BCUT2D eigenvalue weighted by Gasteiger charge is 2.08. The van der Waals surface area contributed by atoms with Gasteiger partial charge in [-0.3, -0.25) is 9.78 Å². The zero-order chi connectivity index (χ0) is 17.6. The third-order valence-electron chi connectivity index (χ3n) is 3.72. The SMILES string of the molecule is Cc1ccc(Nc2ncc(C(=O)NCc3cccnc3)cn2)c(C)c1. The van der Waals surface area contributed by atoms with Crippen molar-refractivity contribution in [2.24, 2.45) is 0 Å². The van der Waals surface area contributed by atoms with Gasteiger partial charge in [-0.25, -0.2) is 9.97 Å². The average Bonchev–Trinajstić information content (AvgIpc) is 2.63. The number of benzene rings is 1. The topological polar surface area (TPSA) is 79.8 Å². The van der Waals surface area contributed by atoms with E-state index in [-0.39, 0.29) is 5.91 Å². The minimum atomic E-state index is -0.220. The van der Waals surface area contributed by atoms with E-state index in [9.17, 15) is 4.79 Å². The molecule has 0 saturated carbocycles. The number of nitrogens with one attached hydrogen (secondary N) is 2.